The van der Waals surface area contributed by atoms with Gasteiger partial charge in [-0.2, -0.15) is 23.1 Å². The highest BCUT2D eigenvalue weighted by Gasteiger charge is 2.15. The van der Waals surface area contributed by atoms with Gasteiger partial charge in [0.1, 0.15) is 0 Å². The molecule has 0 spiro atoms. The van der Waals surface area contributed by atoms with Gasteiger partial charge in [0.15, 0.2) is 0 Å². The van der Waals surface area contributed by atoms with Gasteiger partial charge in [-0.15, -0.1) is 0 Å². The SMILES string of the molecule is CCCNC(CSC(C)CC)c1cscc1Br. The van der Waals surface area contributed by atoms with E-state index in [1.54, 1.807) is 11.3 Å². The summed E-state index contributed by atoms with van der Waals surface area (Å²) >= 11 is 7.48. The number of nitrogens with one attached hydrogen (secondary N) is 1. The van der Waals surface area contributed by atoms with Gasteiger partial charge >= 0.3 is 0 Å². The van der Waals surface area contributed by atoms with Gasteiger partial charge in [-0.3, -0.25) is 0 Å². The molecule has 17 heavy (non-hydrogen) atoms. The largest absolute Gasteiger partial charge is 0.309 e. The monoisotopic (exact) mass is 335 g/mol. The van der Waals surface area contributed by atoms with Crippen LogP contribution < -0.4 is 5.32 Å². The molecule has 0 aliphatic heterocycles. The summed E-state index contributed by atoms with van der Waals surface area (Å²) in [7, 11) is 0. The Labute approximate surface area is 122 Å². The maximum atomic E-state index is 3.65. The lowest BCUT2D eigenvalue weighted by atomic mass is 10.2. The summed E-state index contributed by atoms with van der Waals surface area (Å²) in [6, 6.07) is 0.481. The van der Waals surface area contributed by atoms with Crippen molar-refractivity contribution in [2.75, 3.05) is 12.3 Å². The van der Waals surface area contributed by atoms with E-state index in [-0.39, 0.29) is 0 Å². The Morgan fingerprint density at radius 2 is 2.18 bits per heavy atom. The zero-order chi connectivity index (χ0) is 12.7. The van der Waals surface area contributed by atoms with Gasteiger partial charge < -0.3 is 5.32 Å². The van der Waals surface area contributed by atoms with Crippen molar-refractivity contribution >= 4 is 39.0 Å². The van der Waals surface area contributed by atoms with Crippen molar-refractivity contribution in [1.29, 1.82) is 0 Å². The average molecular weight is 336 g/mol. The van der Waals surface area contributed by atoms with E-state index < -0.39 is 0 Å². The van der Waals surface area contributed by atoms with Gasteiger partial charge in [-0.1, -0.05) is 20.8 Å². The van der Waals surface area contributed by atoms with E-state index in [2.05, 4.69) is 64.5 Å². The van der Waals surface area contributed by atoms with Crippen LogP contribution in [0.3, 0.4) is 0 Å². The minimum absolute atomic E-state index is 0.481. The Morgan fingerprint density at radius 1 is 1.41 bits per heavy atom. The minimum atomic E-state index is 0.481. The molecule has 1 aromatic rings. The molecule has 0 bridgehead atoms. The Morgan fingerprint density at radius 3 is 2.71 bits per heavy atom. The van der Waals surface area contributed by atoms with E-state index in [9.17, 15) is 0 Å². The van der Waals surface area contributed by atoms with Crippen molar-refractivity contribution in [3.8, 4) is 0 Å². The molecule has 1 rings (SSSR count). The van der Waals surface area contributed by atoms with Crippen LogP contribution in [0.4, 0.5) is 0 Å². The second kappa shape index (κ2) is 8.57. The molecule has 0 radical (unpaired) electrons. The van der Waals surface area contributed by atoms with E-state index in [1.165, 1.54) is 22.9 Å². The molecular weight excluding hydrogens is 314 g/mol. The lowest BCUT2D eigenvalue weighted by molar-refractivity contribution is 0.576. The summed E-state index contributed by atoms with van der Waals surface area (Å²) in [6.45, 7) is 7.87. The number of rotatable bonds is 8. The van der Waals surface area contributed by atoms with Gasteiger partial charge in [0.25, 0.3) is 0 Å². The quantitative estimate of drug-likeness (QED) is 0.710. The molecular formula is C13H22BrNS2. The summed E-state index contributed by atoms with van der Waals surface area (Å²) in [6.07, 6.45) is 2.43. The highest BCUT2D eigenvalue weighted by atomic mass is 79.9. The van der Waals surface area contributed by atoms with Crippen LogP contribution >= 0.6 is 39.0 Å². The molecule has 0 fully saturated rings. The van der Waals surface area contributed by atoms with Crippen molar-refractivity contribution < 1.29 is 0 Å². The Bertz CT molecular complexity index is 314. The molecule has 1 aromatic heterocycles. The average Bonchev–Trinajstić information content (AvgIpc) is 2.75. The molecule has 4 heteroatoms. The van der Waals surface area contributed by atoms with E-state index in [0.717, 1.165) is 17.5 Å². The summed E-state index contributed by atoms with van der Waals surface area (Å²) in [5.41, 5.74) is 1.42. The number of thioether (sulfide) groups is 1. The fourth-order valence-electron chi connectivity index (χ4n) is 1.50. The molecule has 0 aliphatic carbocycles. The molecule has 0 saturated heterocycles. The van der Waals surface area contributed by atoms with Gasteiger partial charge in [0.2, 0.25) is 0 Å². The third-order valence-electron chi connectivity index (χ3n) is 2.78. The van der Waals surface area contributed by atoms with Gasteiger partial charge in [0.05, 0.1) is 0 Å². The maximum absolute atomic E-state index is 3.65. The third-order valence-corrected chi connectivity index (χ3v) is 5.96. The molecule has 0 aromatic carbocycles. The Kier molecular flexibility index (Phi) is 7.84. The molecule has 0 amide bonds. The molecule has 0 saturated carbocycles. The van der Waals surface area contributed by atoms with Crippen molar-refractivity contribution in [2.24, 2.45) is 0 Å². The van der Waals surface area contributed by atoms with E-state index >= 15 is 0 Å². The topological polar surface area (TPSA) is 12.0 Å². The molecule has 0 aliphatic rings. The van der Waals surface area contributed by atoms with Crippen LogP contribution in [-0.2, 0) is 0 Å². The maximum Gasteiger partial charge on any atom is 0.0431 e. The molecule has 1 N–H and O–H groups in total. The first kappa shape index (κ1) is 15.5. The zero-order valence-corrected chi connectivity index (χ0v) is 14.1. The fourth-order valence-corrected chi connectivity index (χ4v) is 4.18. The summed E-state index contributed by atoms with van der Waals surface area (Å²) in [5.74, 6) is 1.16. The lowest BCUT2D eigenvalue weighted by Crippen LogP contribution is -2.24. The first-order chi connectivity index (χ1) is 8.19. The molecule has 2 atom stereocenters. The van der Waals surface area contributed by atoms with Crippen molar-refractivity contribution in [2.45, 2.75) is 44.9 Å². The summed E-state index contributed by atoms with van der Waals surface area (Å²) < 4.78 is 1.25. The number of thiophene rings is 1. The summed E-state index contributed by atoms with van der Waals surface area (Å²) in [5, 5.41) is 8.83. The molecule has 2 unspecified atom stereocenters. The standard InChI is InChI=1S/C13H22BrNS2/c1-4-6-15-13(9-17-10(3)5-2)11-7-16-8-12(11)14/h7-8,10,13,15H,4-6,9H2,1-3H3. The normalized spacial score (nSPS) is 14.8. The second-order valence-electron chi connectivity index (χ2n) is 4.23. The van der Waals surface area contributed by atoms with Crippen LogP contribution in [0.1, 0.15) is 45.2 Å². The van der Waals surface area contributed by atoms with Crippen LogP contribution in [0.15, 0.2) is 15.2 Å². The van der Waals surface area contributed by atoms with E-state index in [4.69, 9.17) is 0 Å². The first-order valence-electron chi connectivity index (χ1n) is 6.25. The van der Waals surface area contributed by atoms with E-state index in [0.29, 0.717) is 6.04 Å². The predicted octanol–water partition coefficient (Wildman–Crippen LogP) is 5.08. The number of hydrogen-bond acceptors (Lipinski definition) is 3. The van der Waals surface area contributed by atoms with Crippen molar-refractivity contribution in [3.05, 3.63) is 20.8 Å². The van der Waals surface area contributed by atoms with Gasteiger partial charge in [-0.25, -0.2) is 0 Å². The lowest BCUT2D eigenvalue weighted by Gasteiger charge is -2.20. The fraction of sp³-hybridized carbons (Fsp3) is 0.692. The van der Waals surface area contributed by atoms with Crippen molar-refractivity contribution in [3.63, 3.8) is 0 Å². The van der Waals surface area contributed by atoms with E-state index in [1.807, 2.05) is 0 Å². The summed E-state index contributed by atoms with van der Waals surface area (Å²) in [4.78, 5) is 0. The van der Waals surface area contributed by atoms with Crippen molar-refractivity contribution in [1.82, 2.24) is 5.32 Å². The zero-order valence-electron chi connectivity index (χ0n) is 10.8. The molecule has 1 nitrogen and oxygen atoms in total. The van der Waals surface area contributed by atoms with Crippen LogP contribution in [0.2, 0.25) is 0 Å². The highest BCUT2D eigenvalue weighted by Crippen LogP contribution is 2.30. The minimum Gasteiger partial charge on any atom is -0.309 e. The number of halogens is 1. The van der Waals surface area contributed by atoms with Crippen LogP contribution in [0, 0.1) is 0 Å². The smallest absolute Gasteiger partial charge is 0.0431 e. The number of hydrogen-bond donors (Lipinski definition) is 1. The highest BCUT2D eigenvalue weighted by molar-refractivity contribution is 9.10. The van der Waals surface area contributed by atoms with Gasteiger partial charge in [-0.05, 0) is 46.3 Å². The second-order valence-corrected chi connectivity index (χ2v) is 7.30. The molecule has 98 valence electrons. The Balaban J connectivity index is 2.57. The van der Waals surface area contributed by atoms with Gasteiger partial charge in [0, 0.05) is 26.9 Å². The van der Waals surface area contributed by atoms with Crippen LogP contribution in [-0.4, -0.2) is 17.5 Å². The molecule has 1 heterocycles. The predicted molar refractivity (Wildman–Crippen MR) is 85.3 cm³/mol. The van der Waals surface area contributed by atoms with Crippen LogP contribution in [0.5, 0.6) is 0 Å². The Hall–Kier alpha value is 0.490. The third kappa shape index (κ3) is 5.33. The van der Waals surface area contributed by atoms with Crippen LogP contribution in [0.25, 0.3) is 0 Å². The first-order valence-corrected chi connectivity index (χ1v) is 9.04.